The molecule has 2 fully saturated rings. The van der Waals surface area contributed by atoms with Crippen LogP contribution in [0.25, 0.3) is 0 Å². The highest BCUT2D eigenvalue weighted by Crippen LogP contribution is 2.14. The lowest BCUT2D eigenvalue weighted by molar-refractivity contribution is -0.135. The van der Waals surface area contributed by atoms with Gasteiger partial charge in [0.2, 0.25) is 5.91 Å². The molecule has 0 atom stereocenters. The van der Waals surface area contributed by atoms with Crippen LogP contribution in [0.3, 0.4) is 0 Å². The summed E-state index contributed by atoms with van der Waals surface area (Å²) < 4.78 is 0. The minimum absolute atomic E-state index is 0.0937. The molecule has 2 rings (SSSR count). The lowest BCUT2D eigenvalue weighted by Crippen LogP contribution is -2.39. The Kier molecular flexibility index (Phi) is 4.73. The monoisotopic (exact) mass is 251 g/mol. The van der Waals surface area contributed by atoms with Crippen LogP contribution in [-0.2, 0) is 9.59 Å². The SMILES string of the molecule is O=C(CN1CCCCCC1=O)NN=C1CCCC1. The molecule has 2 amide bonds. The van der Waals surface area contributed by atoms with Crippen LogP contribution in [0.2, 0.25) is 0 Å². The molecule has 1 saturated heterocycles. The van der Waals surface area contributed by atoms with Crippen LogP contribution in [0.15, 0.2) is 5.10 Å². The van der Waals surface area contributed by atoms with Crippen molar-refractivity contribution in [1.29, 1.82) is 0 Å². The molecule has 18 heavy (non-hydrogen) atoms. The van der Waals surface area contributed by atoms with Gasteiger partial charge in [0, 0.05) is 18.7 Å². The molecule has 0 radical (unpaired) electrons. The molecule has 1 aliphatic heterocycles. The Morgan fingerprint density at radius 3 is 2.61 bits per heavy atom. The molecule has 1 N–H and O–H groups in total. The molecule has 1 heterocycles. The van der Waals surface area contributed by atoms with E-state index >= 15 is 0 Å². The number of likely N-dealkylation sites (tertiary alicyclic amines) is 1. The number of hydrogen-bond acceptors (Lipinski definition) is 3. The summed E-state index contributed by atoms with van der Waals surface area (Å²) in [5.41, 5.74) is 3.64. The fourth-order valence-electron chi connectivity index (χ4n) is 2.45. The molecule has 1 saturated carbocycles. The van der Waals surface area contributed by atoms with E-state index in [0.29, 0.717) is 13.0 Å². The van der Waals surface area contributed by atoms with Crippen molar-refractivity contribution < 1.29 is 9.59 Å². The number of rotatable bonds is 3. The number of hydrogen-bond donors (Lipinski definition) is 1. The first kappa shape index (κ1) is 13.1. The van der Waals surface area contributed by atoms with Gasteiger partial charge in [-0.3, -0.25) is 9.59 Å². The van der Waals surface area contributed by atoms with E-state index in [1.54, 1.807) is 4.90 Å². The summed E-state index contributed by atoms with van der Waals surface area (Å²) in [7, 11) is 0. The third-order valence-corrected chi connectivity index (χ3v) is 3.53. The van der Waals surface area contributed by atoms with E-state index < -0.39 is 0 Å². The predicted molar refractivity (Wildman–Crippen MR) is 69.1 cm³/mol. The number of amides is 2. The minimum Gasteiger partial charge on any atom is -0.333 e. The summed E-state index contributed by atoms with van der Waals surface area (Å²) >= 11 is 0. The van der Waals surface area contributed by atoms with Crippen LogP contribution < -0.4 is 5.43 Å². The van der Waals surface area contributed by atoms with Crippen molar-refractivity contribution in [3.63, 3.8) is 0 Å². The molecule has 0 aromatic carbocycles. The van der Waals surface area contributed by atoms with Crippen LogP contribution in [0.4, 0.5) is 0 Å². The first-order chi connectivity index (χ1) is 8.75. The Morgan fingerprint density at radius 2 is 1.83 bits per heavy atom. The van der Waals surface area contributed by atoms with Gasteiger partial charge in [0.1, 0.15) is 6.54 Å². The highest BCUT2D eigenvalue weighted by atomic mass is 16.2. The molecular formula is C13H21N3O2. The fraction of sp³-hybridized carbons (Fsp3) is 0.769. The van der Waals surface area contributed by atoms with Gasteiger partial charge in [-0.05, 0) is 38.5 Å². The van der Waals surface area contributed by atoms with E-state index in [1.807, 2.05) is 0 Å². The molecule has 2 aliphatic rings. The quantitative estimate of drug-likeness (QED) is 0.771. The van der Waals surface area contributed by atoms with Crippen molar-refractivity contribution in [2.75, 3.05) is 13.1 Å². The van der Waals surface area contributed by atoms with E-state index in [1.165, 1.54) is 12.8 Å². The Morgan fingerprint density at radius 1 is 1.11 bits per heavy atom. The van der Waals surface area contributed by atoms with Crippen LogP contribution in [0, 0.1) is 0 Å². The second-order valence-electron chi connectivity index (χ2n) is 5.05. The maximum Gasteiger partial charge on any atom is 0.259 e. The smallest absolute Gasteiger partial charge is 0.259 e. The van der Waals surface area contributed by atoms with Crippen molar-refractivity contribution in [3.8, 4) is 0 Å². The second-order valence-corrected chi connectivity index (χ2v) is 5.05. The zero-order valence-corrected chi connectivity index (χ0v) is 10.8. The molecule has 0 spiro atoms. The number of nitrogens with zero attached hydrogens (tertiary/aromatic N) is 2. The Hall–Kier alpha value is -1.39. The van der Waals surface area contributed by atoms with E-state index in [0.717, 1.165) is 37.8 Å². The average molecular weight is 251 g/mol. The summed E-state index contributed by atoms with van der Waals surface area (Å²) in [5.74, 6) is -0.0826. The molecule has 100 valence electrons. The van der Waals surface area contributed by atoms with Crippen LogP contribution in [-0.4, -0.2) is 35.5 Å². The van der Waals surface area contributed by atoms with E-state index in [4.69, 9.17) is 0 Å². The highest BCUT2D eigenvalue weighted by molar-refractivity contribution is 5.89. The lowest BCUT2D eigenvalue weighted by Gasteiger charge is -2.18. The third kappa shape index (κ3) is 3.82. The third-order valence-electron chi connectivity index (χ3n) is 3.53. The van der Waals surface area contributed by atoms with Gasteiger partial charge < -0.3 is 4.90 Å². The molecule has 5 heteroatoms. The Labute approximate surface area is 108 Å². The standard InChI is InChI=1S/C13H21N3O2/c17-12(15-14-11-6-3-4-7-11)10-16-9-5-1-2-8-13(16)18/h1-10H2,(H,15,17). The molecule has 0 bridgehead atoms. The van der Waals surface area contributed by atoms with Crippen molar-refractivity contribution in [3.05, 3.63) is 0 Å². The van der Waals surface area contributed by atoms with Crippen LogP contribution in [0.5, 0.6) is 0 Å². The van der Waals surface area contributed by atoms with Gasteiger partial charge in [-0.2, -0.15) is 5.10 Å². The molecule has 0 aromatic rings. The predicted octanol–water partition coefficient (Wildman–Crippen LogP) is 1.44. The first-order valence-electron chi connectivity index (χ1n) is 6.88. The summed E-state index contributed by atoms with van der Waals surface area (Å²) in [6.07, 6.45) is 7.89. The van der Waals surface area contributed by atoms with Crippen molar-refractivity contribution in [1.82, 2.24) is 10.3 Å². The van der Waals surface area contributed by atoms with Crippen molar-refractivity contribution >= 4 is 17.5 Å². The van der Waals surface area contributed by atoms with Crippen LogP contribution >= 0.6 is 0 Å². The number of carbonyl (C=O) groups excluding carboxylic acids is 2. The zero-order chi connectivity index (χ0) is 12.8. The molecule has 0 aromatic heterocycles. The second kappa shape index (κ2) is 6.52. The van der Waals surface area contributed by atoms with Crippen molar-refractivity contribution in [2.45, 2.75) is 51.4 Å². The van der Waals surface area contributed by atoms with Gasteiger partial charge in [0.15, 0.2) is 0 Å². The Bertz CT molecular complexity index is 344. The van der Waals surface area contributed by atoms with Crippen molar-refractivity contribution in [2.24, 2.45) is 5.10 Å². The Balaban J connectivity index is 1.78. The summed E-state index contributed by atoms with van der Waals surface area (Å²) in [4.78, 5) is 25.1. The number of hydrazone groups is 1. The highest BCUT2D eigenvalue weighted by Gasteiger charge is 2.19. The number of carbonyl (C=O) groups is 2. The lowest BCUT2D eigenvalue weighted by atomic mass is 10.2. The summed E-state index contributed by atoms with van der Waals surface area (Å²) in [6.45, 7) is 0.846. The van der Waals surface area contributed by atoms with Gasteiger partial charge in [0.25, 0.3) is 5.91 Å². The van der Waals surface area contributed by atoms with Gasteiger partial charge in [-0.25, -0.2) is 5.43 Å². The average Bonchev–Trinajstić information content (AvgIpc) is 2.80. The summed E-state index contributed by atoms with van der Waals surface area (Å²) in [5, 5.41) is 4.12. The topological polar surface area (TPSA) is 61.8 Å². The van der Waals surface area contributed by atoms with E-state index in [9.17, 15) is 9.59 Å². The maximum atomic E-state index is 11.7. The minimum atomic E-state index is -0.176. The number of nitrogens with one attached hydrogen (secondary N) is 1. The normalized spacial score (nSPS) is 20.8. The zero-order valence-electron chi connectivity index (χ0n) is 10.8. The van der Waals surface area contributed by atoms with E-state index in [2.05, 4.69) is 10.5 Å². The van der Waals surface area contributed by atoms with Crippen LogP contribution in [0.1, 0.15) is 51.4 Å². The van der Waals surface area contributed by atoms with Gasteiger partial charge in [-0.1, -0.05) is 6.42 Å². The summed E-state index contributed by atoms with van der Waals surface area (Å²) in [6, 6.07) is 0. The molecular weight excluding hydrogens is 230 g/mol. The molecule has 5 nitrogen and oxygen atoms in total. The van der Waals surface area contributed by atoms with Gasteiger partial charge in [-0.15, -0.1) is 0 Å². The van der Waals surface area contributed by atoms with E-state index in [-0.39, 0.29) is 18.4 Å². The van der Waals surface area contributed by atoms with Gasteiger partial charge in [0.05, 0.1) is 0 Å². The molecule has 1 aliphatic carbocycles. The molecule has 0 unspecified atom stereocenters. The van der Waals surface area contributed by atoms with Gasteiger partial charge >= 0.3 is 0 Å². The maximum absolute atomic E-state index is 11.7. The fourth-order valence-corrected chi connectivity index (χ4v) is 2.45. The largest absolute Gasteiger partial charge is 0.333 e. The first-order valence-corrected chi connectivity index (χ1v) is 6.88.